The molecule has 1 aromatic heterocycles. The van der Waals surface area contributed by atoms with E-state index in [2.05, 4.69) is 15.8 Å². The maximum absolute atomic E-state index is 12.1. The van der Waals surface area contributed by atoms with E-state index in [1.807, 2.05) is 24.3 Å². The van der Waals surface area contributed by atoms with Crippen LogP contribution in [0.25, 0.3) is 10.9 Å². The van der Waals surface area contributed by atoms with Gasteiger partial charge in [-0.05, 0) is 24.3 Å². The Morgan fingerprint density at radius 3 is 2.52 bits per heavy atom. The fourth-order valence-corrected chi connectivity index (χ4v) is 2.27. The molecule has 0 bridgehead atoms. The third kappa shape index (κ3) is 3.83. The van der Waals surface area contributed by atoms with Crippen molar-refractivity contribution in [2.24, 2.45) is 0 Å². The normalized spacial score (nSPS) is 9.96. The van der Waals surface area contributed by atoms with E-state index in [0.29, 0.717) is 16.3 Å². The number of aromatic nitrogens is 1. The van der Waals surface area contributed by atoms with Crippen LogP contribution in [0.4, 0.5) is 0 Å². The molecule has 7 heteroatoms. The number of fused-ring (bicyclic) bond motifs is 1. The minimum Gasteiger partial charge on any atom is -0.350 e. The number of nitrogens with one attached hydrogen (secondary N) is 4. The average Bonchev–Trinajstić information content (AvgIpc) is 2.96. The molecule has 0 aliphatic carbocycles. The predicted molar refractivity (Wildman–Crippen MR) is 94.4 cm³/mol. The van der Waals surface area contributed by atoms with Crippen LogP contribution in [-0.4, -0.2) is 16.7 Å². The molecule has 5 nitrogen and oxygen atoms in total. The van der Waals surface area contributed by atoms with Crippen molar-refractivity contribution >= 4 is 46.7 Å². The molecule has 3 aromatic rings. The minimum absolute atomic E-state index is 0. The summed E-state index contributed by atoms with van der Waals surface area (Å²) < 4.78 is 0. The number of H-pyrrole nitrogens is 1. The first-order chi connectivity index (χ1) is 10.6. The summed E-state index contributed by atoms with van der Waals surface area (Å²) in [7, 11) is 0. The van der Waals surface area contributed by atoms with Crippen molar-refractivity contribution in [3.8, 4) is 0 Å². The molecular formula is C16H14Cl2N4O. The van der Waals surface area contributed by atoms with Crippen LogP contribution in [0.5, 0.6) is 0 Å². The summed E-state index contributed by atoms with van der Waals surface area (Å²) in [6.45, 7) is 0. The average molecular weight is 349 g/mol. The molecule has 2 aromatic carbocycles. The molecule has 118 valence electrons. The van der Waals surface area contributed by atoms with Gasteiger partial charge in [-0.15, -0.1) is 12.4 Å². The third-order valence-electron chi connectivity index (χ3n) is 3.19. The molecule has 0 unspecified atom stereocenters. The van der Waals surface area contributed by atoms with Gasteiger partial charge in [0.05, 0.1) is 0 Å². The summed E-state index contributed by atoms with van der Waals surface area (Å²) in [5.74, 6) is -0.235. The molecule has 0 fully saturated rings. The van der Waals surface area contributed by atoms with Crippen molar-refractivity contribution in [2.75, 3.05) is 0 Å². The fourth-order valence-electron chi connectivity index (χ4n) is 2.09. The van der Waals surface area contributed by atoms with Crippen LogP contribution in [0.2, 0.25) is 5.02 Å². The Labute approximate surface area is 143 Å². The lowest BCUT2D eigenvalue weighted by Crippen LogP contribution is -2.41. The smallest absolute Gasteiger partial charge is 0.286 e. The number of amidine groups is 1. The number of carbonyl (C=O) groups is 1. The van der Waals surface area contributed by atoms with Gasteiger partial charge in [0.1, 0.15) is 11.5 Å². The van der Waals surface area contributed by atoms with Crippen molar-refractivity contribution < 1.29 is 4.79 Å². The second-order valence-electron chi connectivity index (χ2n) is 4.73. The van der Waals surface area contributed by atoms with E-state index in [9.17, 15) is 4.79 Å². The molecule has 0 atom stereocenters. The van der Waals surface area contributed by atoms with Crippen LogP contribution >= 0.6 is 24.0 Å². The van der Waals surface area contributed by atoms with Gasteiger partial charge in [-0.2, -0.15) is 0 Å². The highest BCUT2D eigenvalue weighted by Gasteiger charge is 2.10. The standard InChI is InChI=1S/C16H13ClN4O.ClH/c17-12-6-7-13-11(8-12)9-14(19-13)16(22)21-20-15(18)10-4-2-1-3-5-10;/h1-9,19H,(H2,18,20)(H,21,22);1H. The van der Waals surface area contributed by atoms with Gasteiger partial charge in [-0.25, -0.2) is 0 Å². The van der Waals surface area contributed by atoms with E-state index in [1.165, 1.54) is 0 Å². The molecule has 1 amide bonds. The summed E-state index contributed by atoms with van der Waals surface area (Å²) in [5.41, 5.74) is 6.99. The zero-order valence-electron chi connectivity index (χ0n) is 11.9. The van der Waals surface area contributed by atoms with E-state index in [0.717, 1.165) is 10.9 Å². The lowest BCUT2D eigenvalue weighted by atomic mass is 10.2. The number of aromatic amines is 1. The number of amides is 1. The lowest BCUT2D eigenvalue weighted by molar-refractivity contribution is 0.0939. The van der Waals surface area contributed by atoms with Gasteiger partial charge in [-0.3, -0.25) is 21.1 Å². The molecule has 0 aliphatic rings. The molecule has 0 aliphatic heterocycles. The van der Waals surface area contributed by atoms with Crippen molar-refractivity contribution in [3.05, 3.63) is 70.9 Å². The van der Waals surface area contributed by atoms with Crippen LogP contribution < -0.4 is 10.9 Å². The van der Waals surface area contributed by atoms with E-state index >= 15 is 0 Å². The Hall–Kier alpha value is -2.50. The van der Waals surface area contributed by atoms with Crippen LogP contribution in [-0.2, 0) is 0 Å². The monoisotopic (exact) mass is 348 g/mol. The van der Waals surface area contributed by atoms with E-state index in [-0.39, 0.29) is 24.1 Å². The summed E-state index contributed by atoms with van der Waals surface area (Å²) in [5, 5.41) is 9.34. The van der Waals surface area contributed by atoms with Crippen molar-refractivity contribution in [3.63, 3.8) is 0 Å². The number of halogens is 2. The predicted octanol–water partition coefficient (Wildman–Crippen LogP) is 3.50. The molecular weight excluding hydrogens is 335 g/mol. The van der Waals surface area contributed by atoms with Gasteiger partial charge in [-0.1, -0.05) is 41.9 Å². The highest BCUT2D eigenvalue weighted by atomic mass is 35.5. The number of carbonyl (C=O) groups excluding carboxylic acids is 1. The van der Waals surface area contributed by atoms with Crippen molar-refractivity contribution in [1.82, 2.24) is 15.8 Å². The first kappa shape index (κ1) is 16.9. The first-order valence-electron chi connectivity index (χ1n) is 6.62. The van der Waals surface area contributed by atoms with Gasteiger partial charge < -0.3 is 4.98 Å². The lowest BCUT2D eigenvalue weighted by Gasteiger charge is -2.08. The zero-order valence-corrected chi connectivity index (χ0v) is 13.5. The molecule has 4 N–H and O–H groups in total. The number of hydrogen-bond donors (Lipinski definition) is 4. The Balaban J connectivity index is 0.00000192. The summed E-state index contributed by atoms with van der Waals surface area (Å²) in [6.07, 6.45) is 0. The number of benzene rings is 2. The minimum atomic E-state index is -0.354. The Morgan fingerprint density at radius 1 is 1.04 bits per heavy atom. The molecule has 0 saturated heterocycles. The van der Waals surface area contributed by atoms with Crippen molar-refractivity contribution in [1.29, 1.82) is 5.41 Å². The van der Waals surface area contributed by atoms with E-state index < -0.39 is 0 Å². The van der Waals surface area contributed by atoms with Crippen LogP contribution in [0.1, 0.15) is 16.1 Å². The third-order valence-corrected chi connectivity index (χ3v) is 3.43. The maximum atomic E-state index is 12.1. The Morgan fingerprint density at radius 2 is 1.78 bits per heavy atom. The maximum Gasteiger partial charge on any atom is 0.286 e. The highest BCUT2D eigenvalue weighted by Crippen LogP contribution is 2.19. The second kappa shape index (κ2) is 7.17. The van der Waals surface area contributed by atoms with Gasteiger partial charge in [0.2, 0.25) is 0 Å². The number of rotatable bonds is 2. The second-order valence-corrected chi connectivity index (χ2v) is 5.17. The molecule has 1 heterocycles. The Kier molecular flexibility index (Phi) is 5.26. The molecule has 23 heavy (non-hydrogen) atoms. The van der Waals surface area contributed by atoms with Gasteiger partial charge >= 0.3 is 0 Å². The SMILES string of the molecule is Cl.N=C(NNC(=O)c1cc2cc(Cl)ccc2[nH]1)c1ccccc1. The van der Waals surface area contributed by atoms with Crippen LogP contribution in [0.3, 0.4) is 0 Å². The topological polar surface area (TPSA) is 80.8 Å². The highest BCUT2D eigenvalue weighted by molar-refractivity contribution is 6.31. The molecule has 0 radical (unpaired) electrons. The molecule has 0 saturated carbocycles. The Bertz CT molecular complexity index is 846. The number of hydrazine groups is 1. The van der Waals surface area contributed by atoms with Crippen molar-refractivity contribution in [2.45, 2.75) is 0 Å². The van der Waals surface area contributed by atoms with Gasteiger partial charge in [0.15, 0.2) is 0 Å². The van der Waals surface area contributed by atoms with E-state index in [4.69, 9.17) is 17.0 Å². The zero-order chi connectivity index (χ0) is 15.5. The first-order valence-corrected chi connectivity index (χ1v) is 7.00. The quantitative estimate of drug-likeness (QED) is 0.325. The largest absolute Gasteiger partial charge is 0.350 e. The van der Waals surface area contributed by atoms with Gasteiger partial charge in [0, 0.05) is 21.5 Å². The van der Waals surface area contributed by atoms with Gasteiger partial charge in [0.25, 0.3) is 5.91 Å². The fraction of sp³-hybridized carbons (Fsp3) is 0. The number of hydrogen-bond acceptors (Lipinski definition) is 2. The molecule has 0 spiro atoms. The summed E-state index contributed by atoms with van der Waals surface area (Å²) >= 11 is 5.92. The molecule has 3 rings (SSSR count). The van der Waals surface area contributed by atoms with Crippen LogP contribution in [0, 0.1) is 5.41 Å². The summed E-state index contributed by atoms with van der Waals surface area (Å²) in [6, 6.07) is 16.2. The van der Waals surface area contributed by atoms with E-state index in [1.54, 1.807) is 30.3 Å². The van der Waals surface area contributed by atoms with Crippen LogP contribution in [0.15, 0.2) is 54.6 Å². The summed E-state index contributed by atoms with van der Waals surface area (Å²) in [4.78, 5) is 15.1.